The van der Waals surface area contributed by atoms with E-state index in [1.807, 2.05) is 0 Å². The van der Waals surface area contributed by atoms with Crippen LogP contribution in [0.25, 0.3) is 0 Å². The maximum atomic E-state index is 12.4. The van der Waals surface area contributed by atoms with Crippen LogP contribution in [0.5, 0.6) is 5.75 Å². The molecule has 0 heterocycles. The van der Waals surface area contributed by atoms with Gasteiger partial charge in [0.15, 0.2) is 0 Å². The van der Waals surface area contributed by atoms with Crippen LogP contribution in [-0.4, -0.2) is 45.6 Å². The topological polar surface area (TPSA) is 59.6 Å². The molecule has 0 aliphatic heterocycles. The van der Waals surface area contributed by atoms with E-state index < -0.39 is 6.36 Å². The molecule has 0 saturated heterocycles. The van der Waals surface area contributed by atoms with Gasteiger partial charge in [0.05, 0.1) is 6.61 Å². The minimum atomic E-state index is -4.74. The summed E-state index contributed by atoms with van der Waals surface area (Å²) in [6, 6.07) is 5.97. The Labute approximate surface area is 150 Å². The van der Waals surface area contributed by atoms with Crippen LogP contribution in [0.2, 0.25) is 0 Å². The average Bonchev–Trinajstić information content (AvgIpc) is 3.30. The van der Waals surface area contributed by atoms with Crippen LogP contribution in [0.4, 0.5) is 13.2 Å². The molecule has 1 fully saturated rings. The molecule has 2 unspecified atom stereocenters. The summed E-state index contributed by atoms with van der Waals surface area (Å²) in [5.41, 5.74) is 0.424. The number of carbonyl (C=O) groups is 1. The Bertz CT molecular complexity index is 558. The van der Waals surface area contributed by atoms with Gasteiger partial charge in [-0.3, -0.25) is 4.79 Å². The normalized spacial score (nSPS) is 19.0. The molecule has 0 bridgehead atoms. The SMILES string of the molecule is COCCNCCNC(=O)C1CC1c1ccccc1OC(F)(F)F.Cl. The van der Waals surface area contributed by atoms with E-state index in [1.54, 1.807) is 19.2 Å². The van der Waals surface area contributed by atoms with Gasteiger partial charge in [-0.2, -0.15) is 0 Å². The van der Waals surface area contributed by atoms with Gasteiger partial charge in [0.25, 0.3) is 0 Å². The number of methoxy groups -OCH3 is 1. The van der Waals surface area contributed by atoms with Crippen molar-refractivity contribution in [1.82, 2.24) is 10.6 Å². The number of benzene rings is 1. The summed E-state index contributed by atoms with van der Waals surface area (Å²) in [4.78, 5) is 12.0. The van der Waals surface area contributed by atoms with Crippen molar-refractivity contribution in [3.8, 4) is 5.75 Å². The van der Waals surface area contributed by atoms with Gasteiger partial charge in [-0.15, -0.1) is 25.6 Å². The van der Waals surface area contributed by atoms with Crippen molar-refractivity contribution in [2.45, 2.75) is 18.7 Å². The first-order chi connectivity index (χ1) is 11.4. The fourth-order valence-corrected chi connectivity index (χ4v) is 2.54. The lowest BCUT2D eigenvalue weighted by Crippen LogP contribution is -2.34. The van der Waals surface area contributed by atoms with Crippen molar-refractivity contribution >= 4 is 18.3 Å². The second-order valence-electron chi connectivity index (χ2n) is 5.57. The Kier molecular flexibility index (Phi) is 8.47. The number of ether oxygens (including phenoxy) is 2. The predicted octanol–water partition coefficient (Wildman–Crippen LogP) is 2.46. The molecule has 1 aliphatic carbocycles. The second kappa shape index (κ2) is 9.84. The molecule has 1 aromatic rings. The number of alkyl halides is 3. The smallest absolute Gasteiger partial charge is 0.405 e. The van der Waals surface area contributed by atoms with Gasteiger partial charge in [-0.05, 0) is 24.0 Å². The molecule has 2 rings (SSSR count). The van der Waals surface area contributed by atoms with Gasteiger partial charge in [0.1, 0.15) is 5.75 Å². The fraction of sp³-hybridized carbons (Fsp3) is 0.562. The van der Waals surface area contributed by atoms with Gasteiger partial charge in [-0.25, -0.2) is 0 Å². The molecule has 2 atom stereocenters. The molecule has 1 amide bonds. The number of rotatable bonds is 9. The van der Waals surface area contributed by atoms with E-state index in [-0.39, 0.29) is 35.9 Å². The highest BCUT2D eigenvalue weighted by atomic mass is 35.5. The lowest BCUT2D eigenvalue weighted by Gasteiger charge is -2.13. The van der Waals surface area contributed by atoms with Crippen LogP contribution in [-0.2, 0) is 9.53 Å². The zero-order valence-corrected chi connectivity index (χ0v) is 14.6. The van der Waals surface area contributed by atoms with Crippen molar-refractivity contribution < 1.29 is 27.4 Å². The molecular weight excluding hydrogens is 361 g/mol. The minimum absolute atomic E-state index is 0. The number of amides is 1. The van der Waals surface area contributed by atoms with Crippen molar-refractivity contribution in [3.63, 3.8) is 0 Å². The van der Waals surface area contributed by atoms with Gasteiger partial charge in [0.2, 0.25) is 5.91 Å². The third-order valence-electron chi connectivity index (χ3n) is 3.76. The molecule has 142 valence electrons. The highest BCUT2D eigenvalue weighted by molar-refractivity contribution is 5.85. The first kappa shape index (κ1) is 21.5. The maximum Gasteiger partial charge on any atom is 0.573 e. The van der Waals surface area contributed by atoms with Gasteiger partial charge < -0.3 is 20.1 Å². The Morgan fingerprint density at radius 2 is 1.96 bits per heavy atom. The van der Waals surface area contributed by atoms with Gasteiger partial charge in [0, 0.05) is 32.7 Å². The molecule has 1 aliphatic rings. The second-order valence-corrected chi connectivity index (χ2v) is 5.57. The first-order valence-electron chi connectivity index (χ1n) is 7.74. The maximum absolute atomic E-state index is 12.4. The van der Waals surface area contributed by atoms with Crippen molar-refractivity contribution in [3.05, 3.63) is 29.8 Å². The van der Waals surface area contributed by atoms with E-state index in [0.717, 1.165) is 0 Å². The molecule has 5 nitrogen and oxygen atoms in total. The number of halogens is 4. The summed E-state index contributed by atoms with van der Waals surface area (Å²) >= 11 is 0. The Hall–Kier alpha value is -1.51. The number of carbonyl (C=O) groups excluding carboxylic acids is 1. The van der Waals surface area contributed by atoms with Crippen LogP contribution in [0.3, 0.4) is 0 Å². The van der Waals surface area contributed by atoms with Crippen LogP contribution in [0, 0.1) is 5.92 Å². The summed E-state index contributed by atoms with van der Waals surface area (Å²) in [5, 5.41) is 5.88. The van der Waals surface area contributed by atoms with Gasteiger partial charge >= 0.3 is 6.36 Å². The Balaban J connectivity index is 0.00000312. The van der Waals surface area contributed by atoms with Crippen molar-refractivity contribution in [2.75, 3.05) is 33.4 Å². The number of hydrogen-bond donors (Lipinski definition) is 2. The summed E-state index contributed by atoms with van der Waals surface area (Å²) < 4.78 is 46.2. The molecule has 9 heteroatoms. The molecule has 25 heavy (non-hydrogen) atoms. The zero-order valence-electron chi connectivity index (χ0n) is 13.8. The molecule has 0 radical (unpaired) electrons. The van der Waals surface area contributed by atoms with Crippen molar-refractivity contribution in [2.24, 2.45) is 5.92 Å². The molecule has 2 N–H and O–H groups in total. The van der Waals surface area contributed by atoms with Crippen LogP contribution < -0.4 is 15.4 Å². The standard InChI is InChI=1S/C16H21F3N2O3.ClH/c1-23-9-8-20-6-7-21-15(22)13-10-12(13)11-4-2-3-5-14(11)24-16(17,18)19;/h2-5,12-13,20H,6-10H2,1H3,(H,21,22);1H. The molecular formula is C16H22ClF3N2O3. The van der Waals surface area contributed by atoms with Crippen LogP contribution in [0.15, 0.2) is 24.3 Å². The van der Waals surface area contributed by atoms with E-state index in [0.29, 0.717) is 38.2 Å². The zero-order chi connectivity index (χ0) is 17.6. The minimum Gasteiger partial charge on any atom is -0.405 e. The van der Waals surface area contributed by atoms with Crippen LogP contribution >= 0.6 is 12.4 Å². The predicted molar refractivity (Wildman–Crippen MR) is 89.0 cm³/mol. The summed E-state index contributed by atoms with van der Waals surface area (Å²) in [5.74, 6) is -0.908. The summed E-state index contributed by atoms with van der Waals surface area (Å²) in [7, 11) is 1.61. The lowest BCUT2D eigenvalue weighted by molar-refractivity contribution is -0.274. The number of para-hydroxylation sites is 1. The lowest BCUT2D eigenvalue weighted by atomic mass is 10.1. The average molecular weight is 383 g/mol. The third-order valence-corrected chi connectivity index (χ3v) is 3.76. The Morgan fingerprint density at radius 1 is 1.24 bits per heavy atom. The highest BCUT2D eigenvalue weighted by Gasteiger charge is 2.46. The molecule has 0 aromatic heterocycles. The largest absolute Gasteiger partial charge is 0.573 e. The molecule has 0 spiro atoms. The summed E-state index contributed by atoms with van der Waals surface area (Å²) in [6.45, 7) is 2.36. The summed E-state index contributed by atoms with van der Waals surface area (Å²) in [6.07, 6.45) is -4.21. The van der Waals surface area contributed by atoms with Gasteiger partial charge in [-0.1, -0.05) is 18.2 Å². The van der Waals surface area contributed by atoms with E-state index in [4.69, 9.17) is 4.74 Å². The number of nitrogens with one attached hydrogen (secondary N) is 2. The molecule has 1 saturated carbocycles. The molecule has 1 aromatic carbocycles. The first-order valence-corrected chi connectivity index (χ1v) is 7.74. The van der Waals surface area contributed by atoms with E-state index in [9.17, 15) is 18.0 Å². The van der Waals surface area contributed by atoms with E-state index >= 15 is 0 Å². The fourth-order valence-electron chi connectivity index (χ4n) is 2.54. The quantitative estimate of drug-likeness (QED) is 0.644. The number of hydrogen-bond acceptors (Lipinski definition) is 4. The van der Waals surface area contributed by atoms with Crippen LogP contribution in [0.1, 0.15) is 17.9 Å². The monoisotopic (exact) mass is 382 g/mol. The van der Waals surface area contributed by atoms with E-state index in [1.165, 1.54) is 12.1 Å². The van der Waals surface area contributed by atoms with Crippen molar-refractivity contribution in [1.29, 1.82) is 0 Å². The highest BCUT2D eigenvalue weighted by Crippen LogP contribution is 2.50. The third kappa shape index (κ3) is 7.09. The Morgan fingerprint density at radius 3 is 2.64 bits per heavy atom. The van der Waals surface area contributed by atoms with E-state index in [2.05, 4.69) is 15.4 Å².